The van der Waals surface area contributed by atoms with Crippen molar-refractivity contribution in [3.63, 3.8) is 0 Å². The van der Waals surface area contributed by atoms with Crippen LogP contribution in [0.15, 0.2) is 58.3 Å². The average molecular weight is 353 g/mol. The summed E-state index contributed by atoms with van der Waals surface area (Å²) in [6.45, 7) is 9.43. The van der Waals surface area contributed by atoms with E-state index in [1.165, 1.54) is 60.1 Å². The molecule has 0 radical (unpaired) electrons. The highest BCUT2D eigenvalue weighted by Crippen LogP contribution is 2.50. The largest absolute Gasteiger partial charge is 0.339 e. The van der Waals surface area contributed by atoms with Gasteiger partial charge in [0.25, 0.3) is 0 Å². The molecule has 1 saturated heterocycles. The van der Waals surface area contributed by atoms with Crippen molar-refractivity contribution in [2.75, 3.05) is 31.1 Å². The van der Waals surface area contributed by atoms with E-state index < -0.39 is 0 Å². The Balaban J connectivity index is 1.72. The summed E-state index contributed by atoms with van der Waals surface area (Å²) in [7, 11) is 0. The van der Waals surface area contributed by atoms with Gasteiger partial charge in [-0.25, -0.2) is 0 Å². The molecule has 1 fully saturated rings. The molecule has 1 atom stereocenters. The highest BCUT2D eigenvalue weighted by atomic mass is 32.2. The zero-order valence-electron chi connectivity index (χ0n) is 15.4. The lowest BCUT2D eigenvalue weighted by atomic mass is 9.81. The highest BCUT2D eigenvalue weighted by Gasteiger charge is 2.39. The number of benzene rings is 2. The van der Waals surface area contributed by atoms with Gasteiger partial charge < -0.3 is 9.80 Å². The standard InChI is InChI=1S/C22H28N2S/c1-3-13-22(14-15-23(4-2)16-22)17-24-18-9-5-7-11-20(18)25-21-12-8-6-10-19(21)24/h5-12H,3-4,13-17H2,1-2H3/t22-/m1/s1. The number of nitrogens with zero attached hydrogens (tertiary/aromatic N) is 2. The van der Waals surface area contributed by atoms with Crippen LogP contribution in [0.4, 0.5) is 11.4 Å². The van der Waals surface area contributed by atoms with Crippen molar-refractivity contribution in [2.45, 2.75) is 42.9 Å². The minimum atomic E-state index is 0.410. The molecular weight excluding hydrogens is 324 g/mol. The van der Waals surface area contributed by atoms with Gasteiger partial charge in [-0.05, 0) is 50.2 Å². The summed E-state index contributed by atoms with van der Waals surface area (Å²) in [5, 5.41) is 0. The smallest absolute Gasteiger partial charge is 0.0553 e. The van der Waals surface area contributed by atoms with Gasteiger partial charge >= 0.3 is 0 Å². The fourth-order valence-corrected chi connectivity index (χ4v) is 5.62. The van der Waals surface area contributed by atoms with E-state index in [0.29, 0.717) is 5.41 Å². The summed E-state index contributed by atoms with van der Waals surface area (Å²) in [5.74, 6) is 0. The van der Waals surface area contributed by atoms with Crippen molar-refractivity contribution < 1.29 is 0 Å². The van der Waals surface area contributed by atoms with Gasteiger partial charge in [-0.3, -0.25) is 0 Å². The molecule has 0 aliphatic carbocycles. The number of para-hydroxylation sites is 2. The summed E-state index contributed by atoms with van der Waals surface area (Å²) < 4.78 is 0. The van der Waals surface area contributed by atoms with Crippen molar-refractivity contribution in [3.8, 4) is 0 Å². The highest BCUT2D eigenvalue weighted by molar-refractivity contribution is 7.99. The van der Waals surface area contributed by atoms with Crippen LogP contribution in [-0.2, 0) is 0 Å². The van der Waals surface area contributed by atoms with Crippen LogP contribution in [0.2, 0.25) is 0 Å². The minimum Gasteiger partial charge on any atom is -0.339 e. The average Bonchev–Trinajstić information content (AvgIpc) is 3.05. The van der Waals surface area contributed by atoms with Crippen molar-refractivity contribution in [1.82, 2.24) is 4.90 Å². The molecule has 2 aromatic rings. The third kappa shape index (κ3) is 3.20. The fraction of sp³-hybridized carbons (Fsp3) is 0.455. The van der Waals surface area contributed by atoms with Crippen LogP contribution >= 0.6 is 11.8 Å². The molecule has 0 amide bonds. The predicted molar refractivity (Wildman–Crippen MR) is 108 cm³/mol. The van der Waals surface area contributed by atoms with E-state index in [2.05, 4.69) is 72.2 Å². The second-order valence-corrected chi connectivity index (χ2v) is 8.58. The van der Waals surface area contributed by atoms with Gasteiger partial charge in [0.15, 0.2) is 0 Å². The molecule has 0 aromatic heterocycles. The Labute approximate surface area is 156 Å². The van der Waals surface area contributed by atoms with Gasteiger partial charge in [-0.1, -0.05) is 56.3 Å². The summed E-state index contributed by atoms with van der Waals surface area (Å²) >= 11 is 1.91. The Hall–Kier alpha value is -1.45. The van der Waals surface area contributed by atoms with E-state index >= 15 is 0 Å². The Bertz CT molecular complexity index is 699. The van der Waals surface area contributed by atoms with Gasteiger partial charge in [0.1, 0.15) is 0 Å². The number of likely N-dealkylation sites (tertiary alicyclic amines) is 1. The lowest BCUT2D eigenvalue weighted by molar-refractivity contribution is 0.251. The minimum absolute atomic E-state index is 0.410. The van der Waals surface area contributed by atoms with Crippen molar-refractivity contribution in [3.05, 3.63) is 48.5 Å². The molecule has 0 bridgehead atoms. The normalized spacial score (nSPS) is 22.7. The maximum Gasteiger partial charge on any atom is 0.0553 e. The topological polar surface area (TPSA) is 6.48 Å². The predicted octanol–water partition coefficient (Wildman–Crippen LogP) is 5.80. The van der Waals surface area contributed by atoms with Crippen LogP contribution in [0.3, 0.4) is 0 Å². The first-order chi connectivity index (χ1) is 12.2. The molecule has 0 unspecified atom stereocenters. The summed E-state index contributed by atoms with van der Waals surface area (Å²) in [4.78, 5) is 8.01. The molecule has 4 rings (SSSR count). The van der Waals surface area contributed by atoms with Crippen LogP contribution in [0, 0.1) is 5.41 Å². The van der Waals surface area contributed by atoms with Crippen molar-refractivity contribution in [2.24, 2.45) is 5.41 Å². The molecule has 0 saturated carbocycles. The molecular formula is C22H28N2S. The van der Waals surface area contributed by atoms with E-state index in [4.69, 9.17) is 0 Å². The monoisotopic (exact) mass is 352 g/mol. The van der Waals surface area contributed by atoms with Gasteiger partial charge in [0.05, 0.1) is 11.4 Å². The van der Waals surface area contributed by atoms with E-state index in [-0.39, 0.29) is 0 Å². The third-order valence-electron chi connectivity index (χ3n) is 5.77. The van der Waals surface area contributed by atoms with Crippen LogP contribution in [0.1, 0.15) is 33.1 Å². The fourth-order valence-electron chi connectivity index (χ4n) is 4.53. The van der Waals surface area contributed by atoms with Crippen LogP contribution in [-0.4, -0.2) is 31.1 Å². The lowest BCUT2D eigenvalue weighted by Gasteiger charge is -2.40. The summed E-state index contributed by atoms with van der Waals surface area (Å²) in [6.07, 6.45) is 3.91. The van der Waals surface area contributed by atoms with E-state index in [1.54, 1.807) is 0 Å². The molecule has 0 spiro atoms. The van der Waals surface area contributed by atoms with Gasteiger partial charge in [-0.2, -0.15) is 0 Å². The number of hydrogen-bond acceptors (Lipinski definition) is 3. The molecule has 2 nitrogen and oxygen atoms in total. The number of hydrogen-bond donors (Lipinski definition) is 0. The van der Waals surface area contributed by atoms with Crippen LogP contribution in [0.25, 0.3) is 0 Å². The number of rotatable bonds is 5. The van der Waals surface area contributed by atoms with Crippen molar-refractivity contribution in [1.29, 1.82) is 0 Å². The van der Waals surface area contributed by atoms with Gasteiger partial charge in [0.2, 0.25) is 0 Å². The molecule has 0 N–H and O–H groups in total. The lowest BCUT2D eigenvalue weighted by Crippen LogP contribution is -2.38. The van der Waals surface area contributed by atoms with Crippen molar-refractivity contribution >= 4 is 23.1 Å². The van der Waals surface area contributed by atoms with Crippen LogP contribution in [0.5, 0.6) is 0 Å². The van der Waals surface area contributed by atoms with E-state index in [0.717, 1.165) is 6.54 Å². The van der Waals surface area contributed by atoms with Gasteiger partial charge in [0, 0.05) is 28.3 Å². The number of fused-ring (bicyclic) bond motifs is 2. The maximum absolute atomic E-state index is 2.63. The molecule has 2 heterocycles. The molecule has 2 aliphatic rings. The second kappa shape index (κ2) is 7.05. The summed E-state index contributed by atoms with van der Waals surface area (Å²) in [5.41, 5.74) is 3.18. The zero-order chi connectivity index (χ0) is 17.3. The first-order valence-corrected chi connectivity index (χ1v) is 10.4. The molecule has 3 heteroatoms. The number of anilines is 2. The Morgan fingerprint density at radius 3 is 2.16 bits per heavy atom. The third-order valence-corrected chi connectivity index (χ3v) is 6.90. The first-order valence-electron chi connectivity index (χ1n) is 9.60. The maximum atomic E-state index is 2.63. The van der Waals surface area contributed by atoms with Gasteiger partial charge in [-0.15, -0.1) is 0 Å². The van der Waals surface area contributed by atoms with E-state index in [1.807, 2.05) is 11.8 Å². The quantitative estimate of drug-likeness (QED) is 0.671. The second-order valence-electron chi connectivity index (χ2n) is 7.49. The molecule has 132 valence electrons. The SMILES string of the molecule is CCC[C@@]1(CN2c3ccccc3Sc3ccccc32)CCN(CC)C1. The van der Waals surface area contributed by atoms with E-state index in [9.17, 15) is 0 Å². The molecule has 2 aromatic carbocycles. The first kappa shape index (κ1) is 17.0. The molecule has 2 aliphatic heterocycles. The Morgan fingerprint density at radius 1 is 0.960 bits per heavy atom. The Kier molecular flexibility index (Phi) is 4.79. The zero-order valence-corrected chi connectivity index (χ0v) is 16.2. The Morgan fingerprint density at radius 2 is 1.60 bits per heavy atom. The summed E-state index contributed by atoms with van der Waals surface area (Å²) in [6, 6.07) is 17.8. The molecule has 25 heavy (non-hydrogen) atoms. The van der Waals surface area contributed by atoms with Crippen LogP contribution < -0.4 is 4.90 Å².